The van der Waals surface area contributed by atoms with E-state index in [2.05, 4.69) is 37.2 Å². The van der Waals surface area contributed by atoms with Gasteiger partial charge in [0.15, 0.2) is 11.6 Å². The van der Waals surface area contributed by atoms with Crippen LogP contribution >= 0.6 is 0 Å². The van der Waals surface area contributed by atoms with Gasteiger partial charge in [0.25, 0.3) is 5.91 Å². The Labute approximate surface area is 155 Å². The van der Waals surface area contributed by atoms with Gasteiger partial charge in [0.1, 0.15) is 12.9 Å². The molecule has 0 bridgehead atoms. The van der Waals surface area contributed by atoms with Gasteiger partial charge in [0, 0.05) is 19.2 Å². The lowest BCUT2D eigenvalue weighted by molar-refractivity contribution is 0.0675. The molecule has 140 valence electrons. The minimum absolute atomic E-state index is 0.0154. The molecule has 10 nitrogen and oxygen atoms in total. The molecule has 1 aliphatic heterocycles. The third-order valence-electron chi connectivity index (χ3n) is 4.59. The summed E-state index contributed by atoms with van der Waals surface area (Å²) in [7, 11) is 1.63. The van der Waals surface area contributed by atoms with E-state index in [1.54, 1.807) is 18.1 Å². The summed E-state index contributed by atoms with van der Waals surface area (Å²) in [4.78, 5) is 14.7. The van der Waals surface area contributed by atoms with Crippen molar-refractivity contribution in [2.75, 3.05) is 13.7 Å². The quantitative estimate of drug-likeness (QED) is 0.652. The van der Waals surface area contributed by atoms with Gasteiger partial charge in [-0.05, 0) is 35.0 Å². The van der Waals surface area contributed by atoms with Gasteiger partial charge in [0.2, 0.25) is 0 Å². The Morgan fingerprint density at radius 2 is 2.07 bits per heavy atom. The summed E-state index contributed by atoms with van der Waals surface area (Å²) in [5.74, 6) is 1.56. The van der Waals surface area contributed by atoms with Gasteiger partial charge in [-0.25, -0.2) is 4.68 Å². The number of rotatable bonds is 5. The summed E-state index contributed by atoms with van der Waals surface area (Å²) < 4.78 is 8.87. The summed E-state index contributed by atoms with van der Waals surface area (Å²) in [6.07, 6.45) is 1.56. The van der Waals surface area contributed by atoms with E-state index in [9.17, 15) is 4.79 Å². The number of carbonyl (C=O) groups excluding carboxylic acids is 1. The van der Waals surface area contributed by atoms with Gasteiger partial charge >= 0.3 is 0 Å². The summed E-state index contributed by atoms with van der Waals surface area (Å²) >= 11 is 0. The molecule has 3 heterocycles. The summed E-state index contributed by atoms with van der Waals surface area (Å²) in [5, 5.41) is 19.5. The lowest BCUT2D eigenvalue weighted by atomic mass is 10.1. The Balaban J connectivity index is 1.48. The van der Waals surface area contributed by atoms with Crippen molar-refractivity contribution in [2.45, 2.75) is 32.7 Å². The maximum absolute atomic E-state index is 12.9. The van der Waals surface area contributed by atoms with E-state index in [0.717, 1.165) is 17.2 Å². The lowest BCUT2D eigenvalue weighted by Crippen LogP contribution is -2.40. The zero-order valence-electron chi connectivity index (χ0n) is 15.2. The van der Waals surface area contributed by atoms with Gasteiger partial charge in [-0.15, -0.1) is 15.3 Å². The first-order chi connectivity index (χ1) is 13.2. The fourth-order valence-corrected chi connectivity index (χ4v) is 3.37. The molecule has 2 aromatic heterocycles. The fourth-order valence-electron chi connectivity index (χ4n) is 3.37. The van der Waals surface area contributed by atoms with Gasteiger partial charge < -0.3 is 14.2 Å². The molecule has 1 aliphatic rings. The molecule has 0 N–H and O–H groups in total. The smallest absolute Gasteiger partial charge is 0.254 e. The molecule has 0 spiro atoms. The van der Waals surface area contributed by atoms with Gasteiger partial charge in [0.05, 0.1) is 19.1 Å². The Bertz CT molecular complexity index is 919. The minimum Gasteiger partial charge on any atom is -0.377 e. The third-order valence-corrected chi connectivity index (χ3v) is 4.59. The SMILES string of the molecule is COCc1nnc2n1[C@@H](C)CN(C(=O)c1ccc(Cn3cnnn3)cc1)C2. The molecule has 0 saturated heterocycles. The van der Waals surface area contributed by atoms with Crippen molar-refractivity contribution < 1.29 is 9.53 Å². The zero-order chi connectivity index (χ0) is 18.8. The standard InChI is InChI=1S/C17H20N8O2/c1-12-7-23(9-15-19-20-16(10-27-2)25(12)15)17(26)14-5-3-13(4-6-14)8-24-11-18-21-22-24/h3-6,11-12H,7-10H2,1-2H3/t12-/m0/s1. The van der Waals surface area contributed by atoms with Crippen LogP contribution in [0.1, 0.15) is 40.5 Å². The normalized spacial score (nSPS) is 16.4. The van der Waals surface area contributed by atoms with Crippen molar-refractivity contribution in [3.05, 3.63) is 53.4 Å². The monoisotopic (exact) mass is 368 g/mol. The van der Waals surface area contributed by atoms with Crippen molar-refractivity contribution >= 4 is 5.91 Å². The molecule has 10 heteroatoms. The Morgan fingerprint density at radius 3 is 2.78 bits per heavy atom. The fraction of sp³-hybridized carbons (Fsp3) is 0.412. The van der Waals surface area contributed by atoms with E-state index in [-0.39, 0.29) is 11.9 Å². The topological polar surface area (TPSA) is 104 Å². The van der Waals surface area contributed by atoms with Crippen LogP contribution in [0.2, 0.25) is 0 Å². The molecule has 4 rings (SSSR count). The van der Waals surface area contributed by atoms with Crippen LogP contribution in [0, 0.1) is 0 Å². The van der Waals surface area contributed by atoms with Crippen molar-refractivity contribution in [1.82, 2.24) is 39.9 Å². The van der Waals surface area contributed by atoms with Gasteiger partial charge in [-0.2, -0.15) is 0 Å². The highest BCUT2D eigenvalue weighted by Crippen LogP contribution is 2.23. The molecule has 0 aliphatic carbocycles. The number of nitrogens with zero attached hydrogens (tertiary/aromatic N) is 8. The number of tetrazole rings is 1. The predicted molar refractivity (Wildman–Crippen MR) is 93.5 cm³/mol. The number of hydrogen-bond donors (Lipinski definition) is 0. The van der Waals surface area contributed by atoms with E-state index in [1.165, 1.54) is 0 Å². The number of ether oxygens (including phenoxy) is 1. The molecule has 1 amide bonds. The summed E-state index contributed by atoms with van der Waals surface area (Å²) in [6, 6.07) is 7.60. The first kappa shape index (κ1) is 17.3. The Hall–Kier alpha value is -3.14. The molecule has 3 aromatic rings. The van der Waals surface area contributed by atoms with Crippen molar-refractivity contribution in [2.24, 2.45) is 0 Å². The van der Waals surface area contributed by atoms with Gasteiger partial charge in [-0.1, -0.05) is 12.1 Å². The number of carbonyl (C=O) groups is 1. The van der Waals surface area contributed by atoms with Crippen LogP contribution in [-0.4, -0.2) is 59.4 Å². The van der Waals surface area contributed by atoms with Crippen LogP contribution in [-0.2, 0) is 24.4 Å². The first-order valence-corrected chi connectivity index (χ1v) is 8.66. The highest BCUT2D eigenvalue weighted by atomic mass is 16.5. The third kappa shape index (κ3) is 3.43. The maximum Gasteiger partial charge on any atom is 0.254 e. The molecule has 1 aromatic carbocycles. The summed E-state index contributed by atoms with van der Waals surface area (Å²) in [5.41, 5.74) is 1.67. The first-order valence-electron chi connectivity index (χ1n) is 8.66. The largest absolute Gasteiger partial charge is 0.377 e. The van der Waals surface area contributed by atoms with E-state index in [1.807, 2.05) is 29.2 Å². The number of amides is 1. The Morgan fingerprint density at radius 1 is 1.26 bits per heavy atom. The highest BCUT2D eigenvalue weighted by Gasteiger charge is 2.29. The molecule has 1 atom stereocenters. The van der Waals surface area contributed by atoms with Crippen LogP contribution < -0.4 is 0 Å². The van der Waals surface area contributed by atoms with Crippen LogP contribution in [0.3, 0.4) is 0 Å². The number of hydrogen-bond acceptors (Lipinski definition) is 7. The molecule has 0 unspecified atom stereocenters. The van der Waals surface area contributed by atoms with Crippen molar-refractivity contribution in [1.29, 1.82) is 0 Å². The van der Waals surface area contributed by atoms with Crippen molar-refractivity contribution in [3.8, 4) is 0 Å². The molecule has 27 heavy (non-hydrogen) atoms. The molecule has 0 saturated carbocycles. The second-order valence-corrected chi connectivity index (χ2v) is 6.57. The van der Waals surface area contributed by atoms with Crippen molar-refractivity contribution in [3.63, 3.8) is 0 Å². The minimum atomic E-state index is -0.0154. The number of aromatic nitrogens is 7. The molecule has 0 radical (unpaired) electrons. The maximum atomic E-state index is 12.9. The van der Waals surface area contributed by atoms with Crippen LogP contribution in [0.4, 0.5) is 0 Å². The van der Waals surface area contributed by atoms with Gasteiger partial charge in [-0.3, -0.25) is 4.79 Å². The lowest BCUT2D eigenvalue weighted by Gasteiger charge is -2.32. The highest BCUT2D eigenvalue weighted by molar-refractivity contribution is 5.94. The molecule has 0 fully saturated rings. The van der Waals surface area contributed by atoms with Crippen LogP contribution in [0.15, 0.2) is 30.6 Å². The van der Waals surface area contributed by atoms with E-state index in [0.29, 0.717) is 31.8 Å². The molecular formula is C17H20N8O2. The second kappa shape index (κ2) is 7.23. The van der Waals surface area contributed by atoms with Crippen LogP contribution in [0.5, 0.6) is 0 Å². The number of methoxy groups -OCH3 is 1. The average Bonchev–Trinajstić information content (AvgIpc) is 3.32. The molecular weight excluding hydrogens is 348 g/mol. The number of fused-ring (bicyclic) bond motifs is 1. The van der Waals surface area contributed by atoms with Crippen LogP contribution in [0.25, 0.3) is 0 Å². The zero-order valence-corrected chi connectivity index (χ0v) is 15.2. The predicted octanol–water partition coefficient (Wildman–Crippen LogP) is 0.676. The van der Waals surface area contributed by atoms with E-state index >= 15 is 0 Å². The Kier molecular flexibility index (Phi) is 4.63. The average molecular weight is 368 g/mol. The van der Waals surface area contributed by atoms with E-state index < -0.39 is 0 Å². The summed E-state index contributed by atoms with van der Waals surface area (Å²) in [6.45, 7) is 4.07. The number of benzene rings is 1. The van der Waals surface area contributed by atoms with E-state index in [4.69, 9.17) is 4.74 Å². The second-order valence-electron chi connectivity index (χ2n) is 6.57.